The molecule has 1 aromatic carbocycles. The predicted octanol–water partition coefficient (Wildman–Crippen LogP) is 3.44. The van der Waals surface area contributed by atoms with E-state index < -0.39 is 0 Å². The number of hydrogen-bond acceptors (Lipinski definition) is 4. The van der Waals surface area contributed by atoms with Gasteiger partial charge in [0, 0.05) is 38.9 Å². The number of thiophene rings is 1. The summed E-state index contributed by atoms with van der Waals surface area (Å²) in [7, 11) is 3.72. The largest absolute Gasteiger partial charge is 0.496 e. The number of amidine groups is 1. The maximum absolute atomic E-state index is 7.54. The van der Waals surface area contributed by atoms with E-state index in [0.717, 1.165) is 34.4 Å². The van der Waals surface area contributed by atoms with Crippen LogP contribution in [0.2, 0.25) is 0 Å². The molecule has 1 heterocycles. The molecular formula is C15H18BrN3OS. The Morgan fingerprint density at radius 2 is 2.14 bits per heavy atom. The molecular weight excluding hydrogens is 350 g/mol. The molecule has 0 bridgehead atoms. The number of rotatable bonds is 6. The van der Waals surface area contributed by atoms with Crippen LogP contribution in [0, 0.1) is 5.41 Å². The molecule has 0 fully saturated rings. The van der Waals surface area contributed by atoms with Gasteiger partial charge < -0.3 is 10.5 Å². The maximum Gasteiger partial charge on any atom is 0.123 e. The summed E-state index contributed by atoms with van der Waals surface area (Å²) >= 11 is 5.20. The fraction of sp³-hybridized carbons (Fsp3) is 0.267. The molecule has 0 spiro atoms. The second-order valence-corrected chi connectivity index (χ2v) is 6.76. The summed E-state index contributed by atoms with van der Waals surface area (Å²) in [5.41, 5.74) is 7.31. The van der Waals surface area contributed by atoms with Crippen LogP contribution in [-0.2, 0) is 13.1 Å². The van der Waals surface area contributed by atoms with E-state index in [9.17, 15) is 0 Å². The number of nitrogens with one attached hydrogen (secondary N) is 1. The van der Waals surface area contributed by atoms with Crippen molar-refractivity contribution in [2.24, 2.45) is 5.73 Å². The smallest absolute Gasteiger partial charge is 0.123 e. The third-order valence-corrected chi connectivity index (χ3v) is 4.76. The van der Waals surface area contributed by atoms with E-state index >= 15 is 0 Å². The standard InChI is InChI=1S/C15H18BrN3OS/c1-19(8-13-6-12(16)9-21-13)7-11-5-10(15(17)18)3-4-14(11)20-2/h3-6,9H,7-8H2,1-2H3,(H3,17,18). The SMILES string of the molecule is COc1ccc(C(=N)N)cc1CN(C)Cc1cc(Br)cs1. The summed E-state index contributed by atoms with van der Waals surface area (Å²) in [6.45, 7) is 1.60. The van der Waals surface area contributed by atoms with Gasteiger partial charge in [0.15, 0.2) is 0 Å². The number of nitrogen functional groups attached to an aromatic ring is 1. The Morgan fingerprint density at radius 3 is 2.71 bits per heavy atom. The summed E-state index contributed by atoms with van der Waals surface area (Å²) in [6.07, 6.45) is 0. The molecule has 0 unspecified atom stereocenters. The Hall–Kier alpha value is -1.37. The van der Waals surface area contributed by atoms with Crippen LogP contribution in [0.4, 0.5) is 0 Å². The van der Waals surface area contributed by atoms with Crippen molar-refractivity contribution in [3.05, 3.63) is 50.1 Å². The van der Waals surface area contributed by atoms with Crippen LogP contribution in [0.15, 0.2) is 34.1 Å². The quantitative estimate of drug-likeness (QED) is 0.607. The van der Waals surface area contributed by atoms with Crippen molar-refractivity contribution in [2.75, 3.05) is 14.2 Å². The second kappa shape index (κ2) is 7.06. The van der Waals surface area contributed by atoms with Crippen molar-refractivity contribution in [1.82, 2.24) is 4.90 Å². The van der Waals surface area contributed by atoms with Crippen LogP contribution < -0.4 is 10.5 Å². The summed E-state index contributed by atoms with van der Waals surface area (Å²) in [5.74, 6) is 0.892. The van der Waals surface area contributed by atoms with Gasteiger partial charge in [-0.15, -0.1) is 11.3 Å². The van der Waals surface area contributed by atoms with Crippen molar-refractivity contribution < 1.29 is 4.74 Å². The first-order chi connectivity index (χ1) is 9.99. The Kier molecular flexibility index (Phi) is 5.39. The zero-order chi connectivity index (χ0) is 15.4. The lowest BCUT2D eigenvalue weighted by atomic mass is 10.1. The van der Waals surface area contributed by atoms with Crippen LogP contribution in [0.25, 0.3) is 0 Å². The first kappa shape index (κ1) is 16.0. The highest BCUT2D eigenvalue weighted by Crippen LogP contribution is 2.24. The molecule has 3 N–H and O–H groups in total. The Morgan fingerprint density at radius 1 is 1.38 bits per heavy atom. The zero-order valence-electron chi connectivity index (χ0n) is 12.0. The van der Waals surface area contributed by atoms with E-state index in [1.54, 1.807) is 24.5 Å². The molecule has 2 rings (SSSR count). The predicted molar refractivity (Wildman–Crippen MR) is 91.2 cm³/mol. The zero-order valence-corrected chi connectivity index (χ0v) is 14.4. The van der Waals surface area contributed by atoms with Gasteiger partial charge in [0.2, 0.25) is 0 Å². The van der Waals surface area contributed by atoms with Gasteiger partial charge in [-0.2, -0.15) is 0 Å². The minimum Gasteiger partial charge on any atom is -0.496 e. The monoisotopic (exact) mass is 367 g/mol. The number of methoxy groups -OCH3 is 1. The first-order valence-corrected chi connectivity index (χ1v) is 8.09. The van der Waals surface area contributed by atoms with Gasteiger partial charge in [-0.1, -0.05) is 0 Å². The minimum atomic E-state index is 0.0729. The molecule has 112 valence electrons. The van der Waals surface area contributed by atoms with Crippen molar-refractivity contribution >= 4 is 33.1 Å². The van der Waals surface area contributed by atoms with E-state index in [0.29, 0.717) is 0 Å². The van der Waals surface area contributed by atoms with Crippen LogP contribution in [0.5, 0.6) is 5.75 Å². The lowest BCUT2D eigenvalue weighted by Gasteiger charge is -2.18. The molecule has 0 radical (unpaired) electrons. The third-order valence-electron chi connectivity index (χ3n) is 3.08. The van der Waals surface area contributed by atoms with E-state index in [1.807, 2.05) is 12.1 Å². The van der Waals surface area contributed by atoms with Crippen molar-refractivity contribution in [2.45, 2.75) is 13.1 Å². The number of benzene rings is 1. The lowest BCUT2D eigenvalue weighted by molar-refractivity contribution is 0.312. The van der Waals surface area contributed by atoms with Gasteiger partial charge in [0.1, 0.15) is 11.6 Å². The van der Waals surface area contributed by atoms with Crippen LogP contribution in [0.1, 0.15) is 16.0 Å². The molecule has 21 heavy (non-hydrogen) atoms. The second-order valence-electron chi connectivity index (χ2n) is 4.84. The van der Waals surface area contributed by atoms with Crippen LogP contribution >= 0.6 is 27.3 Å². The number of halogens is 1. The molecule has 4 nitrogen and oxygen atoms in total. The minimum absolute atomic E-state index is 0.0729. The molecule has 0 saturated heterocycles. The summed E-state index contributed by atoms with van der Waals surface area (Å²) in [4.78, 5) is 3.51. The summed E-state index contributed by atoms with van der Waals surface area (Å²) < 4.78 is 6.51. The molecule has 0 amide bonds. The average molecular weight is 368 g/mol. The molecule has 2 aromatic rings. The summed E-state index contributed by atoms with van der Waals surface area (Å²) in [5, 5.41) is 9.63. The van der Waals surface area contributed by atoms with Crippen molar-refractivity contribution in [3.8, 4) is 5.75 Å². The highest BCUT2D eigenvalue weighted by atomic mass is 79.9. The first-order valence-electron chi connectivity index (χ1n) is 6.42. The average Bonchev–Trinajstić information content (AvgIpc) is 2.83. The van der Waals surface area contributed by atoms with Crippen LogP contribution in [0.3, 0.4) is 0 Å². The van der Waals surface area contributed by atoms with E-state index in [1.165, 1.54) is 4.88 Å². The molecule has 1 aromatic heterocycles. The van der Waals surface area contributed by atoms with E-state index in [4.69, 9.17) is 15.9 Å². The lowest BCUT2D eigenvalue weighted by Crippen LogP contribution is -2.18. The maximum atomic E-state index is 7.54. The van der Waals surface area contributed by atoms with Crippen molar-refractivity contribution in [3.63, 3.8) is 0 Å². The van der Waals surface area contributed by atoms with Crippen molar-refractivity contribution in [1.29, 1.82) is 5.41 Å². The van der Waals surface area contributed by atoms with Gasteiger partial charge >= 0.3 is 0 Å². The van der Waals surface area contributed by atoms with Crippen LogP contribution in [-0.4, -0.2) is 24.9 Å². The number of hydrogen-bond donors (Lipinski definition) is 2. The fourth-order valence-corrected chi connectivity index (χ4v) is 3.65. The van der Waals surface area contributed by atoms with Gasteiger partial charge in [-0.3, -0.25) is 10.3 Å². The van der Waals surface area contributed by atoms with Gasteiger partial charge in [0.05, 0.1) is 7.11 Å². The number of ether oxygens (including phenoxy) is 1. The van der Waals surface area contributed by atoms with E-state index in [-0.39, 0.29) is 5.84 Å². The Balaban J connectivity index is 2.13. The van der Waals surface area contributed by atoms with E-state index in [2.05, 4.69) is 39.3 Å². The Labute approximate surface area is 137 Å². The van der Waals surface area contributed by atoms with Gasteiger partial charge in [-0.25, -0.2) is 0 Å². The molecule has 6 heteroatoms. The summed E-state index contributed by atoms with van der Waals surface area (Å²) in [6, 6.07) is 7.72. The molecule has 0 saturated carbocycles. The molecule has 0 atom stereocenters. The highest BCUT2D eigenvalue weighted by molar-refractivity contribution is 9.10. The molecule has 0 aliphatic rings. The fourth-order valence-electron chi connectivity index (χ4n) is 2.12. The Bertz CT molecular complexity index is 642. The number of nitrogens with zero attached hydrogens (tertiary/aromatic N) is 1. The van der Waals surface area contributed by atoms with Gasteiger partial charge in [-0.05, 0) is 47.2 Å². The van der Waals surface area contributed by atoms with Gasteiger partial charge in [0.25, 0.3) is 0 Å². The highest BCUT2D eigenvalue weighted by Gasteiger charge is 2.10. The topological polar surface area (TPSA) is 62.3 Å². The molecule has 0 aliphatic carbocycles. The third kappa shape index (κ3) is 4.30. The number of nitrogens with two attached hydrogens (primary N) is 1. The normalized spacial score (nSPS) is 10.9. The molecule has 0 aliphatic heterocycles.